The lowest BCUT2D eigenvalue weighted by Gasteiger charge is -2.36. The summed E-state index contributed by atoms with van der Waals surface area (Å²) in [5.74, 6) is 0.103. The zero-order valence-corrected chi connectivity index (χ0v) is 14.7. The molecular formula is C12H15BrCl2N2O2S. The Kier molecular flexibility index (Phi) is 5.04. The van der Waals surface area contributed by atoms with Crippen LogP contribution in [0.1, 0.15) is 19.8 Å². The average Bonchev–Trinajstić information content (AvgIpc) is 2.30. The average molecular weight is 402 g/mol. The number of piperidine rings is 1. The Balaban J connectivity index is 2.50. The van der Waals surface area contributed by atoms with Gasteiger partial charge >= 0.3 is 0 Å². The van der Waals surface area contributed by atoms with Gasteiger partial charge in [0.2, 0.25) is 10.0 Å². The molecule has 0 amide bonds. The van der Waals surface area contributed by atoms with Crippen LogP contribution in [0, 0.1) is 5.92 Å². The predicted octanol–water partition coefficient (Wildman–Crippen LogP) is 3.46. The van der Waals surface area contributed by atoms with Crippen molar-refractivity contribution in [1.82, 2.24) is 4.31 Å². The quantitative estimate of drug-likeness (QED) is 0.825. The van der Waals surface area contributed by atoms with Gasteiger partial charge in [0.15, 0.2) is 0 Å². The van der Waals surface area contributed by atoms with Crippen LogP contribution in [-0.2, 0) is 10.0 Å². The van der Waals surface area contributed by atoms with Crippen LogP contribution < -0.4 is 5.73 Å². The third-order valence-corrected chi connectivity index (χ3v) is 6.76. The lowest BCUT2D eigenvalue weighted by Crippen LogP contribution is -2.52. The fraction of sp³-hybridized carbons (Fsp3) is 0.500. The summed E-state index contributed by atoms with van der Waals surface area (Å²) in [6, 6.07) is 3.03. The molecule has 0 saturated carbocycles. The number of hydrogen-bond donors (Lipinski definition) is 1. The molecule has 0 aliphatic carbocycles. The van der Waals surface area contributed by atoms with E-state index in [2.05, 4.69) is 15.9 Å². The molecule has 8 heteroatoms. The molecule has 1 saturated heterocycles. The number of hydrogen-bond acceptors (Lipinski definition) is 3. The van der Waals surface area contributed by atoms with Gasteiger partial charge in [0.25, 0.3) is 0 Å². The van der Waals surface area contributed by atoms with Gasteiger partial charge in [-0.2, -0.15) is 4.31 Å². The van der Waals surface area contributed by atoms with Crippen molar-refractivity contribution in [3.8, 4) is 0 Å². The van der Waals surface area contributed by atoms with Crippen LogP contribution in [-0.4, -0.2) is 25.4 Å². The summed E-state index contributed by atoms with van der Waals surface area (Å²) >= 11 is 15.4. The van der Waals surface area contributed by atoms with Crippen molar-refractivity contribution in [2.24, 2.45) is 11.7 Å². The summed E-state index contributed by atoms with van der Waals surface area (Å²) in [6.45, 7) is 2.33. The maximum absolute atomic E-state index is 12.8. The Morgan fingerprint density at radius 2 is 1.90 bits per heavy atom. The van der Waals surface area contributed by atoms with Gasteiger partial charge in [0.1, 0.15) is 4.90 Å². The molecule has 0 radical (unpaired) electrons. The van der Waals surface area contributed by atoms with Crippen molar-refractivity contribution in [3.05, 3.63) is 26.7 Å². The van der Waals surface area contributed by atoms with Crippen LogP contribution in [0.15, 0.2) is 21.5 Å². The summed E-state index contributed by atoms with van der Waals surface area (Å²) in [5.41, 5.74) is 6.03. The fourth-order valence-electron chi connectivity index (χ4n) is 2.35. The van der Waals surface area contributed by atoms with Gasteiger partial charge in [0, 0.05) is 11.0 Å². The Hall–Kier alpha value is 0.150. The molecule has 20 heavy (non-hydrogen) atoms. The molecule has 2 atom stereocenters. The number of sulfonamides is 1. The molecular weight excluding hydrogens is 387 g/mol. The zero-order valence-electron chi connectivity index (χ0n) is 10.8. The first-order valence-electron chi connectivity index (χ1n) is 6.17. The number of halogens is 3. The van der Waals surface area contributed by atoms with Gasteiger partial charge in [0.05, 0.1) is 16.2 Å². The number of rotatable bonds is 2. The van der Waals surface area contributed by atoms with Gasteiger partial charge in [-0.3, -0.25) is 0 Å². The SMILES string of the molecule is CC1CCCN(S(=O)(=O)c2c(Cl)cc(Br)cc2Cl)C1N. The van der Waals surface area contributed by atoms with Crippen LogP contribution in [0.5, 0.6) is 0 Å². The zero-order chi connectivity index (χ0) is 15.1. The maximum atomic E-state index is 12.8. The smallest absolute Gasteiger partial charge is 0.247 e. The van der Waals surface area contributed by atoms with Crippen LogP contribution in [0.3, 0.4) is 0 Å². The molecule has 1 aliphatic heterocycles. The maximum Gasteiger partial charge on any atom is 0.247 e. The third kappa shape index (κ3) is 3.00. The lowest BCUT2D eigenvalue weighted by atomic mass is 9.99. The summed E-state index contributed by atoms with van der Waals surface area (Å²) in [7, 11) is -3.80. The Morgan fingerprint density at radius 3 is 2.45 bits per heavy atom. The molecule has 2 unspecified atom stereocenters. The van der Waals surface area contributed by atoms with E-state index in [1.54, 1.807) is 0 Å². The van der Waals surface area contributed by atoms with Gasteiger partial charge in [-0.05, 0) is 30.9 Å². The molecule has 1 aromatic rings. The fourth-order valence-corrected chi connectivity index (χ4v) is 5.88. The standard InChI is InChI=1S/C12H15BrCl2N2O2S/c1-7-3-2-4-17(12(7)16)20(18,19)11-9(14)5-8(13)6-10(11)15/h5-7,12H,2-4,16H2,1H3. The van der Waals surface area contributed by atoms with E-state index >= 15 is 0 Å². The van der Waals surface area contributed by atoms with Crippen LogP contribution in [0.2, 0.25) is 10.0 Å². The van der Waals surface area contributed by atoms with E-state index in [0.29, 0.717) is 11.0 Å². The first-order valence-corrected chi connectivity index (χ1v) is 9.16. The minimum absolute atomic E-state index is 0.0754. The first-order chi connectivity index (χ1) is 9.25. The highest BCUT2D eigenvalue weighted by molar-refractivity contribution is 9.10. The second-order valence-electron chi connectivity index (χ2n) is 4.92. The summed E-state index contributed by atoms with van der Waals surface area (Å²) < 4.78 is 27.4. The van der Waals surface area contributed by atoms with E-state index in [1.807, 2.05) is 6.92 Å². The van der Waals surface area contributed by atoms with Crippen molar-refractivity contribution in [2.45, 2.75) is 30.8 Å². The number of nitrogens with two attached hydrogens (primary N) is 1. The van der Waals surface area contributed by atoms with E-state index in [9.17, 15) is 8.42 Å². The van der Waals surface area contributed by atoms with E-state index in [0.717, 1.165) is 12.8 Å². The molecule has 0 aromatic heterocycles. The van der Waals surface area contributed by atoms with E-state index in [4.69, 9.17) is 28.9 Å². The largest absolute Gasteiger partial charge is 0.315 e. The minimum atomic E-state index is -3.80. The van der Waals surface area contributed by atoms with Crippen LogP contribution >= 0.6 is 39.1 Å². The second-order valence-corrected chi connectivity index (χ2v) is 8.48. The van der Waals surface area contributed by atoms with Crippen LogP contribution in [0.25, 0.3) is 0 Å². The van der Waals surface area contributed by atoms with Crippen molar-refractivity contribution in [1.29, 1.82) is 0 Å². The van der Waals surface area contributed by atoms with E-state index in [-0.39, 0.29) is 20.9 Å². The number of nitrogens with zero attached hydrogens (tertiary/aromatic N) is 1. The molecule has 1 aliphatic rings. The Morgan fingerprint density at radius 1 is 1.35 bits per heavy atom. The van der Waals surface area contributed by atoms with Crippen molar-refractivity contribution < 1.29 is 8.42 Å². The van der Waals surface area contributed by atoms with Gasteiger partial charge in [-0.25, -0.2) is 8.42 Å². The van der Waals surface area contributed by atoms with Gasteiger partial charge in [-0.15, -0.1) is 0 Å². The first kappa shape index (κ1) is 16.5. The predicted molar refractivity (Wildman–Crippen MR) is 84.4 cm³/mol. The van der Waals surface area contributed by atoms with Gasteiger partial charge < -0.3 is 5.73 Å². The molecule has 0 bridgehead atoms. The highest BCUT2D eigenvalue weighted by atomic mass is 79.9. The Bertz CT molecular complexity index is 601. The molecule has 2 N–H and O–H groups in total. The molecule has 1 fully saturated rings. The summed E-state index contributed by atoms with van der Waals surface area (Å²) in [6.07, 6.45) is 1.14. The monoisotopic (exact) mass is 400 g/mol. The highest BCUT2D eigenvalue weighted by Gasteiger charge is 2.37. The topological polar surface area (TPSA) is 63.4 Å². The van der Waals surface area contributed by atoms with E-state index < -0.39 is 16.2 Å². The Labute approximate surface area is 137 Å². The third-order valence-electron chi connectivity index (χ3n) is 3.48. The molecule has 4 nitrogen and oxygen atoms in total. The molecule has 2 rings (SSSR count). The summed E-state index contributed by atoms with van der Waals surface area (Å²) in [5, 5.41) is 0.185. The van der Waals surface area contributed by atoms with Crippen molar-refractivity contribution >= 4 is 49.2 Å². The highest BCUT2D eigenvalue weighted by Crippen LogP contribution is 2.36. The van der Waals surface area contributed by atoms with E-state index in [1.165, 1.54) is 16.4 Å². The second kappa shape index (κ2) is 6.10. The minimum Gasteiger partial charge on any atom is -0.315 e. The molecule has 112 valence electrons. The molecule has 0 spiro atoms. The van der Waals surface area contributed by atoms with Crippen molar-refractivity contribution in [3.63, 3.8) is 0 Å². The van der Waals surface area contributed by atoms with Crippen molar-refractivity contribution in [2.75, 3.05) is 6.54 Å². The molecule has 1 aromatic carbocycles. The lowest BCUT2D eigenvalue weighted by molar-refractivity contribution is 0.192. The summed E-state index contributed by atoms with van der Waals surface area (Å²) in [4.78, 5) is -0.0754. The van der Waals surface area contributed by atoms with Crippen LogP contribution in [0.4, 0.5) is 0 Å². The van der Waals surface area contributed by atoms with Gasteiger partial charge in [-0.1, -0.05) is 46.1 Å². The normalized spacial score (nSPS) is 24.9. The molecule has 1 heterocycles. The number of benzene rings is 1.